The summed E-state index contributed by atoms with van der Waals surface area (Å²) in [5.41, 5.74) is 6.94. The highest BCUT2D eigenvalue weighted by atomic mass is 15.2. The molecule has 2 unspecified atom stereocenters. The molecular formula is C14H23N3. The van der Waals surface area contributed by atoms with Gasteiger partial charge in [-0.05, 0) is 36.8 Å². The molecule has 3 heteroatoms. The molecule has 3 nitrogen and oxygen atoms in total. The zero-order valence-electron chi connectivity index (χ0n) is 11.1. The van der Waals surface area contributed by atoms with E-state index in [-0.39, 0.29) is 6.04 Å². The minimum atomic E-state index is 0.0655. The van der Waals surface area contributed by atoms with Gasteiger partial charge < -0.3 is 10.6 Å². The Morgan fingerprint density at radius 3 is 2.41 bits per heavy atom. The van der Waals surface area contributed by atoms with Crippen molar-refractivity contribution in [1.29, 1.82) is 0 Å². The summed E-state index contributed by atoms with van der Waals surface area (Å²) in [7, 11) is 0. The predicted octanol–water partition coefficient (Wildman–Crippen LogP) is 2.58. The maximum Gasteiger partial charge on any atom is 0.128 e. The molecule has 1 aromatic heterocycles. The molecule has 2 rings (SSSR count). The molecule has 0 bridgehead atoms. The summed E-state index contributed by atoms with van der Waals surface area (Å²) in [5, 5.41) is 0. The van der Waals surface area contributed by atoms with E-state index in [1.807, 2.05) is 13.1 Å². The number of hydrogen-bond donors (Lipinski definition) is 1. The zero-order chi connectivity index (χ0) is 12.4. The van der Waals surface area contributed by atoms with Gasteiger partial charge in [-0.15, -0.1) is 0 Å². The van der Waals surface area contributed by atoms with Crippen molar-refractivity contribution in [3.05, 3.63) is 23.9 Å². The summed E-state index contributed by atoms with van der Waals surface area (Å²) in [4.78, 5) is 6.93. The van der Waals surface area contributed by atoms with Gasteiger partial charge in [-0.3, -0.25) is 0 Å². The summed E-state index contributed by atoms with van der Waals surface area (Å²) < 4.78 is 0. The Morgan fingerprint density at radius 1 is 1.29 bits per heavy atom. The number of pyridine rings is 1. The monoisotopic (exact) mass is 233 g/mol. The Morgan fingerprint density at radius 2 is 1.94 bits per heavy atom. The van der Waals surface area contributed by atoms with Crippen molar-refractivity contribution >= 4 is 5.82 Å². The molecule has 2 N–H and O–H groups in total. The van der Waals surface area contributed by atoms with Crippen LogP contribution in [-0.2, 0) is 0 Å². The van der Waals surface area contributed by atoms with Crippen LogP contribution in [0.2, 0.25) is 0 Å². The minimum Gasteiger partial charge on any atom is -0.356 e. The average Bonchev–Trinajstić information content (AvgIpc) is 2.28. The quantitative estimate of drug-likeness (QED) is 0.853. The molecule has 17 heavy (non-hydrogen) atoms. The highest BCUT2D eigenvalue weighted by molar-refractivity contribution is 5.40. The number of aromatic nitrogens is 1. The fraction of sp³-hybridized carbons (Fsp3) is 0.643. The zero-order valence-corrected chi connectivity index (χ0v) is 11.1. The lowest BCUT2D eigenvalue weighted by atomic mass is 9.92. The van der Waals surface area contributed by atoms with Gasteiger partial charge in [0.1, 0.15) is 5.82 Å². The molecule has 2 heterocycles. The molecule has 1 aliphatic rings. The van der Waals surface area contributed by atoms with Gasteiger partial charge in [0.05, 0.1) is 0 Å². The normalized spacial score (nSPS) is 26.9. The maximum absolute atomic E-state index is 5.83. The van der Waals surface area contributed by atoms with Crippen molar-refractivity contribution in [3.63, 3.8) is 0 Å². The van der Waals surface area contributed by atoms with Gasteiger partial charge in [0.25, 0.3) is 0 Å². The summed E-state index contributed by atoms with van der Waals surface area (Å²) in [6, 6.07) is 4.26. The average molecular weight is 233 g/mol. The number of nitrogens with zero attached hydrogens (tertiary/aromatic N) is 2. The molecule has 0 aliphatic carbocycles. The van der Waals surface area contributed by atoms with E-state index in [1.54, 1.807) is 0 Å². The largest absolute Gasteiger partial charge is 0.356 e. The first-order valence-electron chi connectivity index (χ1n) is 6.52. The van der Waals surface area contributed by atoms with Crippen LogP contribution in [0.4, 0.5) is 5.82 Å². The van der Waals surface area contributed by atoms with Gasteiger partial charge in [-0.2, -0.15) is 0 Å². The minimum absolute atomic E-state index is 0.0655. The number of piperidine rings is 1. The van der Waals surface area contributed by atoms with E-state index in [0.717, 1.165) is 36.3 Å². The maximum atomic E-state index is 5.83. The van der Waals surface area contributed by atoms with Gasteiger partial charge in [-0.25, -0.2) is 4.98 Å². The SMILES string of the molecule is CC1CC(C)CN(c2ccc([C@@H](C)N)cn2)C1. The molecule has 1 fully saturated rings. The molecular weight excluding hydrogens is 210 g/mol. The van der Waals surface area contributed by atoms with Crippen molar-refractivity contribution < 1.29 is 0 Å². The van der Waals surface area contributed by atoms with Gasteiger partial charge in [0, 0.05) is 25.3 Å². The molecule has 3 atom stereocenters. The molecule has 0 aromatic carbocycles. The second-order valence-corrected chi connectivity index (χ2v) is 5.59. The lowest BCUT2D eigenvalue weighted by molar-refractivity contribution is 0.355. The first-order chi connectivity index (χ1) is 8.06. The third-order valence-corrected chi connectivity index (χ3v) is 3.49. The Kier molecular flexibility index (Phi) is 3.67. The van der Waals surface area contributed by atoms with E-state index in [2.05, 4.69) is 35.9 Å². The predicted molar refractivity (Wildman–Crippen MR) is 72.0 cm³/mol. The van der Waals surface area contributed by atoms with Crippen LogP contribution in [0.1, 0.15) is 38.8 Å². The van der Waals surface area contributed by atoms with Crippen LogP contribution >= 0.6 is 0 Å². The van der Waals surface area contributed by atoms with E-state index in [4.69, 9.17) is 5.73 Å². The van der Waals surface area contributed by atoms with Crippen molar-refractivity contribution in [1.82, 2.24) is 4.98 Å². The number of nitrogens with two attached hydrogens (primary N) is 1. The van der Waals surface area contributed by atoms with E-state index >= 15 is 0 Å². The highest BCUT2D eigenvalue weighted by Gasteiger charge is 2.22. The van der Waals surface area contributed by atoms with Gasteiger partial charge >= 0.3 is 0 Å². The summed E-state index contributed by atoms with van der Waals surface area (Å²) >= 11 is 0. The van der Waals surface area contributed by atoms with Crippen molar-refractivity contribution in [2.45, 2.75) is 33.2 Å². The van der Waals surface area contributed by atoms with Gasteiger partial charge in [0.15, 0.2) is 0 Å². The topological polar surface area (TPSA) is 42.1 Å². The smallest absolute Gasteiger partial charge is 0.128 e. The summed E-state index contributed by atoms with van der Waals surface area (Å²) in [5.74, 6) is 2.61. The molecule has 1 saturated heterocycles. The second kappa shape index (κ2) is 5.05. The van der Waals surface area contributed by atoms with E-state index in [1.165, 1.54) is 6.42 Å². The van der Waals surface area contributed by atoms with Crippen LogP contribution in [0.5, 0.6) is 0 Å². The first-order valence-corrected chi connectivity index (χ1v) is 6.52. The Balaban J connectivity index is 2.11. The molecule has 1 aliphatic heterocycles. The Hall–Kier alpha value is -1.09. The summed E-state index contributed by atoms with van der Waals surface area (Å²) in [6.07, 6.45) is 3.23. The van der Waals surface area contributed by atoms with Gasteiger partial charge in [0.2, 0.25) is 0 Å². The third kappa shape index (κ3) is 2.97. The standard InChI is InChI=1S/C14H23N3/c1-10-6-11(2)9-17(8-10)14-5-4-13(7-16-14)12(3)15/h4-5,7,10-12H,6,8-9,15H2,1-3H3/t10?,11?,12-/m1/s1. The Labute approximate surface area is 104 Å². The second-order valence-electron chi connectivity index (χ2n) is 5.59. The van der Waals surface area contributed by atoms with Gasteiger partial charge in [-0.1, -0.05) is 19.9 Å². The number of anilines is 1. The molecule has 0 amide bonds. The fourth-order valence-electron chi connectivity index (χ4n) is 2.70. The van der Waals surface area contributed by atoms with Crippen LogP contribution in [-0.4, -0.2) is 18.1 Å². The van der Waals surface area contributed by atoms with Crippen LogP contribution in [0.25, 0.3) is 0 Å². The lowest BCUT2D eigenvalue weighted by Gasteiger charge is -2.35. The van der Waals surface area contributed by atoms with Crippen LogP contribution in [0.3, 0.4) is 0 Å². The lowest BCUT2D eigenvalue weighted by Crippen LogP contribution is -2.39. The van der Waals surface area contributed by atoms with E-state index in [9.17, 15) is 0 Å². The van der Waals surface area contributed by atoms with E-state index in [0.29, 0.717) is 0 Å². The first kappa shape index (κ1) is 12.4. The molecule has 1 aromatic rings. The van der Waals surface area contributed by atoms with Crippen molar-refractivity contribution in [3.8, 4) is 0 Å². The molecule has 0 saturated carbocycles. The van der Waals surface area contributed by atoms with Crippen LogP contribution < -0.4 is 10.6 Å². The third-order valence-electron chi connectivity index (χ3n) is 3.49. The van der Waals surface area contributed by atoms with Crippen LogP contribution in [0.15, 0.2) is 18.3 Å². The number of rotatable bonds is 2. The molecule has 0 radical (unpaired) electrons. The highest BCUT2D eigenvalue weighted by Crippen LogP contribution is 2.25. The van der Waals surface area contributed by atoms with Crippen LogP contribution in [0, 0.1) is 11.8 Å². The summed E-state index contributed by atoms with van der Waals surface area (Å²) in [6.45, 7) is 8.86. The number of hydrogen-bond acceptors (Lipinski definition) is 3. The fourth-order valence-corrected chi connectivity index (χ4v) is 2.70. The van der Waals surface area contributed by atoms with E-state index < -0.39 is 0 Å². The molecule has 94 valence electrons. The van der Waals surface area contributed by atoms with Crippen molar-refractivity contribution in [2.24, 2.45) is 17.6 Å². The Bertz CT molecular complexity index is 348. The molecule has 0 spiro atoms. The van der Waals surface area contributed by atoms with Crippen molar-refractivity contribution in [2.75, 3.05) is 18.0 Å².